The summed E-state index contributed by atoms with van der Waals surface area (Å²) in [7, 11) is 4.67. The van der Waals surface area contributed by atoms with E-state index in [-0.39, 0.29) is 29.0 Å². The average Bonchev–Trinajstić information content (AvgIpc) is 3.23. The standard InChI is InChI=1S/C33H39N3O7/c1-20(37)36-26-13-9-22-18-29(41-2)32(42-3)33(43-4)31(22)24-12-14-27(28(39)19-25(24)26)34-16-5-6-30(40)35-17-15-21-7-10-23(38)11-8-21/h7-8,10-12,14,18-19,26,38H,5-6,9,13,15-17H2,1-4H3,(H,34,39)(H,35,40)(H,36,37). The number of hydrogen-bond donors (Lipinski definition) is 4. The predicted octanol–water partition coefficient (Wildman–Crippen LogP) is 4.12. The highest BCUT2D eigenvalue weighted by atomic mass is 16.5. The molecule has 1 aliphatic rings. The first kappa shape index (κ1) is 31.2. The van der Waals surface area contributed by atoms with Crippen LogP contribution in [0, 0.1) is 0 Å². The second-order valence-electron chi connectivity index (χ2n) is 10.4. The second-order valence-corrected chi connectivity index (χ2v) is 10.4. The zero-order chi connectivity index (χ0) is 30.9. The lowest BCUT2D eigenvalue weighted by atomic mass is 9.95. The minimum atomic E-state index is -0.389. The highest BCUT2D eigenvalue weighted by molar-refractivity contribution is 5.83. The summed E-state index contributed by atoms with van der Waals surface area (Å²) in [6.45, 7) is 2.39. The molecule has 0 aliphatic heterocycles. The van der Waals surface area contributed by atoms with Gasteiger partial charge in [-0.2, -0.15) is 0 Å². The fourth-order valence-corrected chi connectivity index (χ4v) is 5.42. The molecule has 0 saturated carbocycles. The van der Waals surface area contributed by atoms with Crippen LogP contribution in [0.5, 0.6) is 23.0 Å². The van der Waals surface area contributed by atoms with Crippen LogP contribution in [0.25, 0.3) is 11.1 Å². The van der Waals surface area contributed by atoms with Crippen molar-refractivity contribution in [2.45, 2.75) is 45.1 Å². The summed E-state index contributed by atoms with van der Waals surface area (Å²) < 4.78 is 17.0. The van der Waals surface area contributed by atoms with Crippen LogP contribution >= 0.6 is 0 Å². The van der Waals surface area contributed by atoms with Crippen LogP contribution < -0.4 is 35.6 Å². The van der Waals surface area contributed by atoms with Crippen LogP contribution in [0.1, 0.15) is 48.9 Å². The number of phenolic OH excluding ortho intramolecular Hbond substituents is 1. The Morgan fingerprint density at radius 3 is 2.37 bits per heavy atom. The lowest BCUT2D eigenvalue weighted by molar-refractivity contribution is -0.121. The molecule has 10 heteroatoms. The maximum absolute atomic E-state index is 13.4. The van der Waals surface area contributed by atoms with Gasteiger partial charge in [-0.1, -0.05) is 18.2 Å². The summed E-state index contributed by atoms with van der Waals surface area (Å²) in [4.78, 5) is 37.9. The number of aryl methyl sites for hydroxylation is 1. The fourth-order valence-electron chi connectivity index (χ4n) is 5.42. The number of nitrogens with one attached hydrogen (secondary N) is 3. The number of fused-ring (bicyclic) bond motifs is 3. The summed E-state index contributed by atoms with van der Waals surface area (Å²) in [5.74, 6) is 1.42. The predicted molar refractivity (Wildman–Crippen MR) is 165 cm³/mol. The second kappa shape index (κ2) is 14.4. The molecular formula is C33H39N3O7. The Bertz CT molecular complexity index is 1520. The van der Waals surface area contributed by atoms with Crippen LogP contribution in [-0.4, -0.2) is 51.3 Å². The highest BCUT2D eigenvalue weighted by Crippen LogP contribution is 2.50. The molecule has 0 spiro atoms. The molecule has 0 bridgehead atoms. The number of hydrogen-bond acceptors (Lipinski definition) is 8. The van der Waals surface area contributed by atoms with E-state index in [0.717, 1.165) is 22.3 Å². The third-order valence-electron chi connectivity index (χ3n) is 7.48. The van der Waals surface area contributed by atoms with Crippen LogP contribution in [0.2, 0.25) is 0 Å². The van der Waals surface area contributed by atoms with Crippen molar-refractivity contribution >= 4 is 17.5 Å². The van der Waals surface area contributed by atoms with Crippen molar-refractivity contribution in [1.29, 1.82) is 0 Å². The quantitative estimate of drug-likeness (QED) is 0.232. The number of anilines is 1. The normalized spacial score (nSPS) is 13.5. The number of ether oxygens (including phenoxy) is 3. The Balaban J connectivity index is 1.52. The number of amides is 2. The van der Waals surface area contributed by atoms with E-state index in [1.54, 1.807) is 45.6 Å². The largest absolute Gasteiger partial charge is 0.508 e. The molecule has 1 aliphatic carbocycles. The Morgan fingerprint density at radius 2 is 1.70 bits per heavy atom. The van der Waals surface area contributed by atoms with Crippen molar-refractivity contribution in [1.82, 2.24) is 10.6 Å². The number of benzene rings is 2. The van der Waals surface area contributed by atoms with Gasteiger partial charge in [0.15, 0.2) is 11.5 Å². The van der Waals surface area contributed by atoms with Crippen molar-refractivity contribution < 1.29 is 28.9 Å². The molecular weight excluding hydrogens is 550 g/mol. The van der Waals surface area contributed by atoms with Gasteiger partial charge in [-0.25, -0.2) is 0 Å². The fraction of sp³-hybridized carbons (Fsp3) is 0.364. The molecule has 2 amide bonds. The minimum absolute atomic E-state index is 0.0699. The van der Waals surface area contributed by atoms with Crippen LogP contribution in [-0.2, 0) is 22.4 Å². The zero-order valence-electron chi connectivity index (χ0n) is 25.0. The van der Waals surface area contributed by atoms with Crippen molar-refractivity contribution in [3.05, 3.63) is 75.4 Å². The van der Waals surface area contributed by atoms with E-state index in [9.17, 15) is 19.5 Å². The number of carbonyl (C=O) groups excluding carboxylic acids is 2. The number of rotatable bonds is 12. The highest BCUT2D eigenvalue weighted by Gasteiger charge is 2.29. The van der Waals surface area contributed by atoms with Gasteiger partial charge < -0.3 is 35.3 Å². The Labute approximate surface area is 251 Å². The molecule has 0 radical (unpaired) electrons. The van der Waals surface area contributed by atoms with Gasteiger partial charge >= 0.3 is 0 Å². The molecule has 10 nitrogen and oxygen atoms in total. The molecule has 1 atom stereocenters. The van der Waals surface area contributed by atoms with Gasteiger partial charge in [0.2, 0.25) is 23.0 Å². The van der Waals surface area contributed by atoms with Crippen LogP contribution in [0.3, 0.4) is 0 Å². The molecule has 4 rings (SSSR count). The number of methoxy groups -OCH3 is 3. The van der Waals surface area contributed by atoms with Crippen molar-refractivity contribution in [3.63, 3.8) is 0 Å². The molecule has 3 aromatic carbocycles. The Morgan fingerprint density at radius 1 is 0.953 bits per heavy atom. The van der Waals surface area contributed by atoms with E-state index in [2.05, 4.69) is 16.0 Å². The molecule has 0 saturated heterocycles. The van der Waals surface area contributed by atoms with Gasteiger partial charge in [-0.05, 0) is 78.3 Å². The maximum Gasteiger partial charge on any atom is 0.220 e. The summed E-state index contributed by atoms with van der Waals surface area (Å²) in [6.07, 6.45) is 2.70. The van der Waals surface area contributed by atoms with Gasteiger partial charge in [-0.15, -0.1) is 0 Å². The molecule has 0 aromatic heterocycles. The van der Waals surface area contributed by atoms with E-state index >= 15 is 0 Å². The van der Waals surface area contributed by atoms with Gasteiger partial charge in [0.05, 0.1) is 33.1 Å². The number of phenols is 1. The number of aromatic hydroxyl groups is 1. The molecule has 3 aromatic rings. The summed E-state index contributed by atoms with van der Waals surface area (Å²) >= 11 is 0. The smallest absolute Gasteiger partial charge is 0.220 e. The van der Waals surface area contributed by atoms with E-state index in [0.29, 0.717) is 73.7 Å². The molecule has 4 N–H and O–H groups in total. The first-order chi connectivity index (χ1) is 20.7. The van der Waals surface area contributed by atoms with Gasteiger partial charge in [0.1, 0.15) is 5.75 Å². The van der Waals surface area contributed by atoms with Crippen LogP contribution in [0.4, 0.5) is 5.69 Å². The topological polar surface area (TPSA) is 135 Å². The maximum atomic E-state index is 13.4. The van der Waals surface area contributed by atoms with E-state index < -0.39 is 0 Å². The number of carbonyl (C=O) groups is 2. The van der Waals surface area contributed by atoms with Gasteiger partial charge in [0, 0.05) is 32.0 Å². The average molecular weight is 590 g/mol. The Kier molecular flexibility index (Phi) is 10.5. The summed E-state index contributed by atoms with van der Waals surface area (Å²) in [5, 5.41) is 18.5. The summed E-state index contributed by atoms with van der Waals surface area (Å²) in [5.41, 5.74) is 4.37. The Hall–Kier alpha value is -4.73. The van der Waals surface area contributed by atoms with Gasteiger partial charge in [-0.3, -0.25) is 14.4 Å². The van der Waals surface area contributed by atoms with Crippen molar-refractivity contribution in [2.24, 2.45) is 0 Å². The molecule has 0 fully saturated rings. The third kappa shape index (κ3) is 7.57. The van der Waals surface area contributed by atoms with E-state index in [1.165, 1.54) is 6.92 Å². The van der Waals surface area contributed by atoms with Crippen LogP contribution in [0.15, 0.2) is 53.3 Å². The third-order valence-corrected chi connectivity index (χ3v) is 7.48. The van der Waals surface area contributed by atoms with E-state index in [4.69, 9.17) is 14.2 Å². The zero-order valence-corrected chi connectivity index (χ0v) is 25.0. The molecule has 0 heterocycles. The van der Waals surface area contributed by atoms with Crippen molar-refractivity contribution in [2.75, 3.05) is 39.7 Å². The first-order valence-corrected chi connectivity index (χ1v) is 14.3. The minimum Gasteiger partial charge on any atom is -0.508 e. The van der Waals surface area contributed by atoms with Gasteiger partial charge in [0.25, 0.3) is 0 Å². The molecule has 228 valence electrons. The molecule has 1 unspecified atom stereocenters. The monoisotopic (exact) mass is 589 g/mol. The lowest BCUT2D eigenvalue weighted by Crippen LogP contribution is -2.26. The first-order valence-electron chi connectivity index (χ1n) is 14.3. The lowest BCUT2D eigenvalue weighted by Gasteiger charge is -2.19. The summed E-state index contributed by atoms with van der Waals surface area (Å²) in [6, 6.07) is 13.6. The van der Waals surface area contributed by atoms with Crippen molar-refractivity contribution in [3.8, 4) is 34.1 Å². The molecule has 43 heavy (non-hydrogen) atoms. The van der Waals surface area contributed by atoms with E-state index in [1.807, 2.05) is 24.3 Å². The SMILES string of the molecule is COc1cc2c(c(OC)c1OC)-c1ccc(NCCCC(=O)NCCc3ccc(O)cc3)c(=O)cc1C(NC(C)=O)CC2.